The molecule has 0 fully saturated rings. The first-order valence-corrected chi connectivity index (χ1v) is 4.64. The summed E-state index contributed by atoms with van der Waals surface area (Å²) in [5.74, 6) is 0.491. The summed E-state index contributed by atoms with van der Waals surface area (Å²) in [5.41, 5.74) is 12.4. The normalized spacial score (nSPS) is 12.6. The predicted molar refractivity (Wildman–Crippen MR) is 55.8 cm³/mol. The number of aromatic nitrogens is 2. The molecule has 0 aliphatic rings. The first-order chi connectivity index (χ1) is 7.25. The van der Waals surface area contributed by atoms with E-state index in [1.165, 1.54) is 0 Å². The van der Waals surface area contributed by atoms with Crippen molar-refractivity contribution in [2.24, 2.45) is 5.73 Å². The number of anilines is 1. The number of nitrogen functional groups attached to an aromatic ring is 1. The van der Waals surface area contributed by atoms with Crippen LogP contribution in [0, 0.1) is 0 Å². The molecule has 1 heterocycles. The van der Waals surface area contributed by atoms with E-state index in [2.05, 4.69) is 10.1 Å². The second-order valence-electron chi connectivity index (χ2n) is 3.29. The second kappa shape index (κ2) is 4.10. The van der Waals surface area contributed by atoms with Gasteiger partial charge in [-0.3, -0.25) is 0 Å². The highest BCUT2D eigenvalue weighted by Crippen LogP contribution is 2.14. The van der Waals surface area contributed by atoms with Crippen LogP contribution in [-0.4, -0.2) is 10.1 Å². The number of hydrogen-bond acceptors (Lipinski definition) is 5. The van der Waals surface area contributed by atoms with E-state index in [4.69, 9.17) is 16.0 Å². The average Bonchev–Trinajstić information content (AvgIpc) is 2.66. The van der Waals surface area contributed by atoms with Crippen LogP contribution in [0.5, 0.6) is 0 Å². The summed E-state index contributed by atoms with van der Waals surface area (Å²) in [7, 11) is 0. The van der Waals surface area contributed by atoms with Crippen LogP contribution in [0.25, 0.3) is 0 Å². The van der Waals surface area contributed by atoms with E-state index < -0.39 is 0 Å². The van der Waals surface area contributed by atoms with Gasteiger partial charge in [0.25, 0.3) is 5.95 Å². The molecule has 0 saturated carbocycles. The highest BCUT2D eigenvalue weighted by Gasteiger charge is 2.13. The van der Waals surface area contributed by atoms with E-state index in [1.54, 1.807) is 0 Å². The molecule has 5 heteroatoms. The van der Waals surface area contributed by atoms with Crippen molar-refractivity contribution in [2.45, 2.75) is 12.5 Å². The van der Waals surface area contributed by atoms with E-state index in [-0.39, 0.29) is 12.0 Å². The molecule has 0 bridgehead atoms. The van der Waals surface area contributed by atoms with Gasteiger partial charge in [0.1, 0.15) is 0 Å². The highest BCUT2D eigenvalue weighted by atomic mass is 16.5. The van der Waals surface area contributed by atoms with Crippen molar-refractivity contribution in [1.29, 1.82) is 0 Å². The third-order valence-corrected chi connectivity index (χ3v) is 2.07. The minimum Gasteiger partial charge on any atom is -0.365 e. The number of rotatable bonds is 3. The Hall–Kier alpha value is -1.88. The lowest BCUT2D eigenvalue weighted by atomic mass is 10.1. The standard InChI is InChI=1S/C10H12N4O/c11-8(9-13-10(12)14-15-9)6-7-4-2-1-3-5-7/h1-5,8H,6,11H2,(H2,12,14). The van der Waals surface area contributed by atoms with Crippen molar-refractivity contribution in [3.8, 4) is 0 Å². The first-order valence-electron chi connectivity index (χ1n) is 4.64. The molecule has 1 unspecified atom stereocenters. The lowest BCUT2D eigenvalue weighted by molar-refractivity contribution is 0.355. The van der Waals surface area contributed by atoms with Crippen molar-refractivity contribution in [2.75, 3.05) is 5.73 Å². The molecule has 78 valence electrons. The lowest BCUT2D eigenvalue weighted by Crippen LogP contribution is -2.13. The van der Waals surface area contributed by atoms with Crippen LogP contribution in [0.15, 0.2) is 34.9 Å². The van der Waals surface area contributed by atoms with Crippen LogP contribution in [-0.2, 0) is 6.42 Å². The SMILES string of the molecule is Nc1noc(C(N)Cc2ccccc2)n1. The van der Waals surface area contributed by atoms with Gasteiger partial charge in [0, 0.05) is 0 Å². The van der Waals surface area contributed by atoms with E-state index in [0.717, 1.165) is 5.56 Å². The smallest absolute Gasteiger partial charge is 0.260 e. The molecule has 0 amide bonds. The van der Waals surface area contributed by atoms with Gasteiger partial charge in [0.15, 0.2) is 0 Å². The summed E-state index contributed by atoms with van der Waals surface area (Å²) < 4.78 is 4.89. The maximum absolute atomic E-state index is 5.89. The quantitative estimate of drug-likeness (QED) is 0.774. The van der Waals surface area contributed by atoms with Crippen molar-refractivity contribution in [3.63, 3.8) is 0 Å². The molecule has 5 nitrogen and oxygen atoms in total. The Kier molecular flexibility index (Phi) is 2.64. The molecule has 2 rings (SSSR count). The average molecular weight is 204 g/mol. The summed E-state index contributed by atoms with van der Waals surface area (Å²) in [6, 6.07) is 9.57. The van der Waals surface area contributed by atoms with Crippen molar-refractivity contribution in [3.05, 3.63) is 41.8 Å². The van der Waals surface area contributed by atoms with Gasteiger partial charge >= 0.3 is 0 Å². The molecule has 15 heavy (non-hydrogen) atoms. The van der Waals surface area contributed by atoms with Gasteiger partial charge in [-0.15, -0.1) is 0 Å². The zero-order valence-corrected chi connectivity index (χ0v) is 8.13. The summed E-state index contributed by atoms with van der Waals surface area (Å²) in [4.78, 5) is 3.88. The number of nitrogens with two attached hydrogens (primary N) is 2. The largest absolute Gasteiger partial charge is 0.365 e. The lowest BCUT2D eigenvalue weighted by Gasteiger charge is -2.05. The maximum atomic E-state index is 5.89. The fourth-order valence-corrected chi connectivity index (χ4v) is 1.35. The Morgan fingerprint density at radius 3 is 2.60 bits per heavy atom. The van der Waals surface area contributed by atoms with E-state index in [0.29, 0.717) is 12.3 Å². The predicted octanol–water partition coefficient (Wildman–Crippen LogP) is 0.894. The Balaban J connectivity index is 2.07. The zero-order chi connectivity index (χ0) is 10.7. The Bertz CT molecular complexity index is 426. The Morgan fingerprint density at radius 1 is 1.27 bits per heavy atom. The van der Waals surface area contributed by atoms with Gasteiger partial charge < -0.3 is 16.0 Å². The molecular weight excluding hydrogens is 192 g/mol. The van der Waals surface area contributed by atoms with E-state index in [1.807, 2.05) is 30.3 Å². The van der Waals surface area contributed by atoms with Gasteiger partial charge in [-0.05, 0) is 17.1 Å². The molecule has 0 aliphatic heterocycles. The third-order valence-electron chi connectivity index (χ3n) is 2.07. The van der Waals surface area contributed by atoms with Gasteiger partial charge in [-0.1, -0.05) is 30.3 Å². The molecule has 2 aromatic rings. The highest BCUT2D eigenvalue weighted by molar-refractivity contribution is 5.18. The van der Waals surface area contributed by atoms with E-state index >= 15 is 0 Å². The molecule has 1 atom stereocenters. The summed E-state index contributed by atoms with van der Waals surface area (Å²) >= 11 is 0. The maximum Gasteiger partial charge on any atom is 0.260 e. The zero-order valence-electron chi connectivity index (χ0n) is 8.13. The van der Waals surface area contributed by atoms with Crippen LogP contribution in [0.4, 0.5) is 5.95 Å². The van der Waals surface area contributed by atoms with Crippen LogP contribution in [0.2, 0.25) is 0 Å². The number of hydrogen-bond donors (Lipinski definition) is 2. The summed E-state index contributed by atoms with van der Waals surface area (Å²) in [6.07, 6.45) is 0.655. The van der Waals surface area contributed by atoms with Crippen LogP contribution in [0.3, 0.4) is 0 Å². The number of benzene rings is 1. The van der Waals surface area contributed by atoms with Crippen molar-refractivity contribution in [1.82, 2.24) is 10.1 Å². The molecule has 0 radical (unpaired) electrons. The van der Waals surface area contributed by atoms with Crippen molar-refractivity contribution >= 4 is 5.95 Å². The van der Waals surface area contributed by atoms with Gasteiger partial charge in [-0.25, -0.2) is 0 Å². The minimum atomic E-state index is -0.308. The van der Waals surface area contributed by atoms with Crippen molar-refractivity contribution < 1.29 is 4.52 Å². The Labute approximate surface area is 87.1 Å². The topological polar surface area (TPSA) is 91.0 Å². The Morgan fingerprint density at radius 2 is 2.00 bits per heavy atom. The van der Waals surface area contributed by atoms with Crippen LogP contribution >= 0.6 is 0 Å². The molecule has 0 aliphatic carbocycles. The van der Waals surface area contributed by atoms with Gasteiger partial charge in [0.2, 0.25) is 5.89 Å². The summed E-state index contributed by atoms with van der Waals surface area (Å²) in [5, 5.41) is 3.49. The molecular formula is C10H12N4O. The van der Waals surface area contributed by atoms with E-state index in [9.17, 15) is 0 Å². The second-order valence-corrected chi connectivity index (χ2v) is 3.29. The van der Waals surface area contributed by atoms with Gasteiger partial charge in [0.05, 0.1) is 6.04 Å². The fourth-order valence-electron chi connectivity index (χ4n) is 1.35. The van der Waals surface area contributed by atoms with Crippen LogP contribution < -0.4 is 11.5 Å². The number of nitrogens with zero attached hydrogens (tertiary/aromatic N) is 2. The molecule has 0 saturated heterocycles. The first kappa shape index (κ1) is 9.67. The summed E-state index contributed by atoms with van der Waals surface area (Å²) in [6.45, 7) is 0. The fraction of sp³-hybridized carbons (Fsp3) is 0.200. The van der Waals surface area contributed by atoms with Gasteiger partial charge in [-0.2, -0.15) is 4.98 Å². The molecule has 1 aromatic carbocycles. The third kappa shape index (κ3) is 2.32. The monoisotopic (exact) mass is 204 g/mol. The molecule has 1 aromatic heterocycles. The van der Waals surface area contributed by atoms with Crippen LogP contribution in [0.1, 0.15) is 17.5 Å². The molecule has 0 spiro atoms. The molecule has 4 N–H and O–H groups in total. The minimum absolute atomic E-state index is 0.119.